The molecule has 0 unspecified atom stereocenters. The number of rotatable bonds is 4. The first kappa shape index (κ1) is 12.8. The van der Waals surface area contributed by atoms with Crippen LogP contribution in [0.1, 0.15) is 27.2 Å². The Labute approximate surface area is 110 Å². The highest BCUT2D eigenvalue weighted by molar-refractivity contribution is 7.98. The Morgan fingerprint density at radius 1 is 1.33 bits per heavy atom. The highest BCUT2D eigenvalue weighted by Gasteiger charge is 2.09. The molecular weight excluding hydrogens is 248 g/mol. The Morgan fingerprint density at radius 3 is 2.72 bits per heavy atom. The maximum Gasteiger partial charge on any atom is 0.338 e. The molecule has 0 saturated heterocycles. The van der Waals surface area contributed by atoms with Crippen LogP contribution < -0.4 is 0 Å². The van der Waals surface area contributed by atoms with Gasteiger partial charge in [0.2, 0.25) is 0 Å². The summed E-state index contributed by atoms with van der Waals surface area (Å²) in [6.45, 7) is 4.13. The van der Waals surface area contributed by atoms with Crippen molar-refractivity contribution in [3.8, 4) is 0 Å². The second kappa shape index (κ2) is 5.31. The smallest absolute Gasteiger partial charge is 0.338 e. The molecule has 0 aliphatic carbocycles. The van der Waals surface area contributed by atoms with Crippen molar-refractivity contribution in [1.29, 1.82) is 0 Å². The fraction of sp³-hybridized carbons (Fsp3) is 0.214. The molecule has 1 aromatic heterocycles. The lowest BCUT2D eigenvalue weighted by Gasteiger charge is -2.04. The summed E-state index contributed by atoms with van der Waals surface area (Å²) in [7, 11) is 0. The standard InChI is InChI=1S/C14H14O3S/c1-9-3-4-13(10(2)5-9)18-8-12-6-11(7-17-12)14(15)16/h3-7H,8H2,1-2H3,(H,15,16). The number of carboxylic acids is 1. The van der Waals surface area contributed by atoms with E-state index < -0.39 is 5.97 Å². The summed E-state index contributed by atoms with van der Waals surface area (Å²) in [5.74, 6) is 0.357. The molecular formula is C14H14O3S. The lowest BCUT2D eigenvalue weighted by Crippen LogP contribution is -1.91. The van der Waals surface area contributed by atoms with Crippen LogP contribution in [-0.2, 0) is 5.75 Å². The largest absolute Gasteiger partial charge is 0.478 e. The van der Waals surface area contributed by atoms with Gasteiger partial charge in [0.05, 0.1) is 11.3 Å². The molecule has 0 atom stereocenters. The minimum absolute atomic E-state index is 0.200. The Kier molecular flexibility index (Phi) is 3.77. The number of carboxylic acid groups (broad SMARTS) is 1. The van der Waals surface area contributed by atoms with Crippen molar-refractivity contribution in [2.75, 3.05) is 0 Å². The van der Waals surface area contributed by atoms with E-state index in [9.17, 15) is 4.79 Å². The van der Waals surface area contributed by atoms with Crippen LogP contribution in [0.5, 0.6) is 0 Å². The lowest BCUT2D eigenvalue weighted by molar-refractivity contribution is 0.0696. The summed E-state index contributed by atoms with van der Waals surface area (Å²) >= 11 is 1.65. The first-order valence-corrected chi connectivity index (χ1v) is 6.55. The van der Waals surface area contributed by atoms with Gasteiger partial charge in [0.15, 0.2) is 0 Å². The third kappa shape index (κ3) is 2.96. The molecule has 0 spiro atoms. The summed E-state index contributed by atoms with van der Waals surface area (Å²) in [4.78, 5) is 11.9. The van der Waals surface area contributed by atoms with Crippen LogP contribution in [0.15, 0.2) is 39.8 Å². The van der Waals surface area contributed by atoms with Gasteiger partial charge in [0, 0.05) is 4.90 Å². The zero-order chi connectivity index (χ0) is 13.1. The van der Waals surface area contributed by atoms with Gasteiger partial charge < -0.3 is 9.52 Å². The number of hydrogen-bond acceptors (Lipinski definition) is 3. The third-order valence-electron chi connectivity index (χ3n) is 2.60. The van der Waals surface area contributed by atoms with E-state index >= 15 is 0 Å². The molecule has 0 radical (unpaired) electrons. The Balaban J connectivity index is 2.04. The van der Waals surface area contributed by atoms with E-state index in [1.165, 1.54) is 22.3 Å². The van der Waals surface area contributed by atoms with Crippen LogP contribution >= 0.6 is 11.8 Å². The summed E-state index contributed by atoms with van der Waals surface area (Å²) < 4.78 is 5.21. The van der Waals surface area contributed by atoms with Crippen molar-refractivity contribution in [2.45, 2.75) is 24.5 Å². The quantitative estimate of drug-likeness (QED) is 0.849. The summed E-state index contributed by atoms with van der Waals surface area (Å²) in [6, 6.07) is 7.85. The summed E-state index contributed by atoms with van der Waals surface area (Å²) in [6.07, 6.45) is 1.28. The lowest BCUT2D eigenvalue weighted by atomic mass is 10.2. The zero-order valence-electron chi connectivity index (χ0n) is 10.3. The predicted octanol–water partition coefficient (Wildman–Crippen LogP) is 3.89. The van der Waals surface area contributed by atoms with Gasteiger partial charge in [-0.3, -0.25) is 0 Å². The molecule has 3 nitrogen and oxygen atoms in total. The van der Waals surface area contributed by atoms with E-state index in [0.717, 1.165) is 0 Å². The van der Waals surface area contributed by atoms with Gasteiger partial charge in [-0.2, -0.15) is 0 Å². The van der Waals surface area contributed by atoms with Crippen LogP contribution in [-0.4, -0.2) is 11.1 Å². The van der Waals surface area contributed by atoms with E-state index in [1.54, 1.807) is 17.8 Å². The maximum absolute atomic E-state index is 10.7. The Hall–Kier alpha value is -1.68. The molecule has 0 saturated carbocycles. The van der Waals surface area contributed by atoms with Gasteiger partial charge in [-0.05, 0) is 31.5 Å². The van der Waals surface area contributed by atoms with Gasteiger partial charge in [-0.1, -0.05) is 17.7 Å². The van der Waals surface area contributed by atoms with Crippen LogP contribution in [0.2, 0.25) is 0 Å². The minimum atomic E-state index is -0.957. The fourth-order valence-electron chi connectivity index (χ4n) is 1.68. The average Bonchev–Trinajstić information content (AvgIpc) is 2.76. The van der Waals surface area contributed by atoms with E-state index in [4.69, 9.17) is 9.52 Å². The van der Waals surface area contributed by atoms with Crippen molar-refractivity contribution in [2.24, 2.45) is 0 Å². The van der Waals surface area contributed by atoms with Crippen molar-refractivity contribution < 1.29 is 14.3 Å². The maximum atomic E-state index is 10.7. The van der Waals surface area contributed by atoms with Crippen LogP contribution in [0.4, 0.5) is 0 Å². The third-order valence-corrected chi connectivity index (χ3v) is 3.80. The average molecular weight is 262 g/mol. The molecule has 1 N–H and O–H groups in total. The minimum Gasteiger partial charge on any atom is -0.478 e. The highest BCUT2D eigenvalue weighted by atomic mass is 32.2. The summed E-state index contributed by atoms with van der Waals surface area (Å²) in [5.41, 5.74) is 2.67. The van der Waals surface area contributed by atoms with Crippen molar-refractivity contribution in [3.05, 3.63) is 53.0 Å². The van der Waals surface area contributed by atoms with Gasteiger partial charge in [-0.15, -0.1) is 11.8 Å². The van der Waals surface area contributed by atoms with Gasteiger partial charge in [-0.25, -0.2) is 4.79 Å². The molecule has 2 aromatic rings. The van der Waals surface area contributed by atoms with Gasteiger partial charge in [0.25, 0.3) is 0 Å². The molecule has 0 bridgehead atoms. The second-order valence-corrected chi connectivity index (χ2v) is 5.18. The fourth-order valence-corrected chi connectivity index (χ4v) is 2.58. The molecule has 0 aliphatic heterocycles. The molecule has 1 aromatic carbocycles. The highest BCUT2D eigenvalue weighted by Crippen LogP contribution is 2.27. The second-order valence-electron chi connectivity index (χ2n) is 4.16. The first-order chi connectivity index (χ1) is 8.56. The summed E-state index contributed by atoms with van der Waals surface area (Å²) in [5, 5.41) is 8.79. The number of aromatic carboxylic acids is 1. The topological polar surface area (TPSA) is 50.4 Å². The number of carbonyl (C=O) groups is 1. The van der Waals surface area contributed by atoms with E-state index in [-0.39, 0.29) is 5.56 Å². The molecule has 94 valence electrons. The Morgan fingerprint density at radius 2 is 2.11 bits per heavy atom. The van der Waals surface area contributed by atoms with Crippen LogP contribution in [0, 0.1) is 13.8 Å². The normalized spacial score (nSPS) is 10.6. The van der Waals surface area contributed by atoms with Crippen LogP contribution in [0.3, 0.4) is 0 Å². The van der Waals surface area contributed by atoms with E-state index in [1.807, 2.05) is 0 Å². The molecule has 4 heteroatoms. The van der Waals surface area contributed by atoms with Gasteiger partial charge >= 0.3 is 5.97 Å². The number of thioether (sulfide) groups is 1. The number of hydrogen-bond donors (Lipinski definition) is 1. The molecule has 0 amide bonds. The molecule has 2 rings (SSSR count). The van der Waals surface area contributed by atoms with Crippen LogP contribution in [0.25, 0.3) is 0 Å². The van der Waals surface area contributed by atoms with Crippen molar-refractivity contribution >= 4 is 17.7 Å². The monoisotopic (exact) mass is 262 g/mol. The van der Waals surface area contributed by atoms with Crippen molar-refractivity contribution in [1.82, 2.24) is 0 Å². The molecule has 18 heavy (non-hydrogen) atoms. The number of aryl methyl sites for hydroxylation is 2. The molecule has 0 aliphatic rings. The molecule has 0 fully saturated rings. The van der Waals surface area contributed by atoms with Crippen molar-refractivity contribution in [3.63, 3.8) is 0 Å². The van der Waals surface area contributed by atoms with E-state index in [2.05, 4.69) is 32.0 Å². The Bertz CT molecular complexity index is 572. The SMILES string of the molecule is Cc1ccc(SCc2cc(C(=O)O)co2)c(C)c1. The number of benzene rings is 1. The molecule has 1 heterocycles. The number of furan rings is 1. The van der Waals surface area contributed by atoms with E-state index in [0.29, 0.717) is 11.5 Å². The van der Waals surface area contributed by atoms with Gasteiger partial charge in [0.1, 0.15) is 12.0 Å². The first-order valence-electron chi connectivity index (χ1n) is 5.57. The predicted molar refractivity (Wildman–Crippen MR) is 71.1 cm³/mol. The zero-order valence-corrected chi connectivity index (χ0v) is 11.1.